The standard InChI is InChI=1S/C13H13N3O4S2/c17-10-9(22-13(20)15-10)5-8-6-14-12(21-8)16-3-1-7(2-4-16)11(18)19/h5-7H,1-4H2,(H,18,19)(H,15,17,20). The third kappa shape index (κ3) is 3.14. The normalized spacial score (nSPS) is 21.5. The molecule has 7 nitrogen and oxygen atoms in total. The first-order chi connectivity index (χ1) is 10.5. The van der Waals surface area contributed by atoms with Crippen LogP contribution < -0.4 is 10.2 Å². The van der Waals surface area contributed by atoms with Crippen LogP contribution in [-0.4, -0.2) is 40.3 Å². The Hall–Kier alpha value is -1.87. The maximum atomic E-state index is 11.5. The molecule has 0 spiro atoms. The minimum absolute atomic E-state index is 0.276. The molecule has 0 saturated carbocycles. The number of hydrogen-bond acceptors (Lipinski definition) is 7. The SMILES string of the molecule is O=C1NC(=O)C(=Cc2cnc(N3CCC(C(=O)O)CC3)s2)S1. The van der Waals surface area contributed by atoms with E-state index in [9.17, 15) is 14.4 Å². The molecule has 22 heavy (non-hydrogen) atoms. The van der Waals surface area contributed by atoms with Gasteiger partial charge in [0.25, 0.3) is 11.1 Å². The summed E-state index contributed by atoms with van der Waals surface area (Å²) in [6, 6.07) is 0. The second-order valence-electron chi connectivity index (χ2n) is 5.00. The van der Waals surface area contributed by atoms with E-state index in [4.69, 9.17) is 5.11 Å². The van der Waals surface area contributed by atoms with Gasteiger partial charge in [-0.15, -0.1) is 0 Å². The first-order valence-corrected chi connectivity index (χ1v) is 8.34. The van der Waals surface area contributed by atoms with Gasteiger partial charge in [-0.05, 0) is 30.7 Å². The van der Waals surface area contributed by atoms with Gasteiger partial charge in [-0.25, -0.2) is 4.98 Å². The second kappa shape index (κ2) is 6.09. The molecule has 2 amide bonds. The maximum absolute atomic E-state index is 11.5. The Morgan fingerprint density at radius 2 is 2.14 bits per heavy atom. The zero-order chi connectivity index (χ0) is 15.7. The van der Waals surface area contributed by atoms with E-state index in [0.29, 0.717) is 30.8 Å². The molecule has 0 atom stereocenters. The van der Waals surface area contributed by atoms with Crippen molar-refractivity contribution in [2.75, 3.05) is 18.0 Å². The molecule has 9 heteroatoms. The molecule has 0 aliphatic carbocycles. The van der Waals surface area contributed by atoms with E-state index in [0.717, 1.165) is 21.8 Å². The van der Waals surface area contributed by atoms with E-state index in [1.807, 2.05) is 0 Å². The summed E-state index contributed by atoms with van der Waals surface area (Å²) in [5.74, 6) is -1.40. The number of thiazole rings is 1. The number of carboxylic acid groups (broad SMARTS) is 1. The average molecular weight is 339 g/mol. The van der Waals surface area contributed by atoms with Gasteiger partial charge in [-0.3, -0.25) is 19.7 Å². The Kier molecular flexibility index (Phi) is 4.16. The number of anilines is 1. The van der Waals surface area contributed by atoms with Crippen molar-refractivity contribution in [1.29, 1.82) is 0 Å². The summed E-state index contributed by atoms with van der Waals surface area (Å²) >= 11 is 2.30. The molecule has 1 aromatic rings. The fourth-order valence-corrected chi connectivity index (χ4v) is 4.02. The predicted molar refractivity (Wildman–Crippen MR) is 83.8 cm³/mol. The number of carboxylic acids is 1. The van der Waals surface area contributed by atoms with Crippen LogP contribution in [-0.2, 0) is 9.59 Å². The highest BCUT2D eigenvalue weighted by Crippen LogP contribution is 2.31. The van der Waals surface area contributed by atoms with Gasteiger partial charge < -0.3 is 10.0 Å². The Labute approximate surface area is 134 Å². The van der Waals surface area contributed by atoms with Crippen molar-refractivity contribution in [2.45, 2.75) is 12.8 Å². The molecular formula is C13H13N3O4S2. The Balaban J connectivity index is 1.67. The number of carbonyl (C=O) groups is 3. The molecule has 2 aliphatic rings. The molecule has 3 rings (SSSR count). The van der Waals surface area contributed by atoms with Crippen LogP contribution in [0.1, 0.15) is 17.7 Å². The van der Waals surface area contributed by atoms with Crippen LogP contribution in [0.5, 0.6) is 0 Å². The number of imide groups is 1. The number of nitrogens with zero attached hydrogens (tertiary/aromatic N) is 2. The van der Waals surface area contributed by atoms with E-state index in [-0.39, 0.29) is 17.1 Å². The fourth-order valence-electron chi connectivity index (χ4n) is 2.36. The molecular weight excluding hydrogens is 326 g/mol. The first kappa shape index (κ1) is 15.0. The number of hydrogen-bond donors (Lipinski definition) is 2. The van der Waals surface area contributed by atoms with Crippen LogP contribution in [0.15, 0.2) is 11.1 Å². The molecule has 116 valence electrons. The van der Waals surface area contributed by atoms with E-state index in [1.165, 1.54) is 11.3 Å². The van der Waals surface area contributed by atoms with Crippen molar-refractivity contribution in [3.63, 3.8) is 0 Å². The lowest BCUT2D eigenvalue weighted by Gasteiger charge is -2.29. The molecule has 0 unspecified atom stereocenters. The Bertz CT molecular complexity index is 662. The van der Waals surface area contributed by atoms with Gasteiger partial charge in [-0.1, -0.05) is 11.3 Å². The highest BCUT2D eigenvalue weighted by Gasteiger charge is 2.27. The van der Waals surface area contributed by atoms with Gasteiger partial charge in [0, 0.05) is 19.3 Å². The lowest BCUT2D eigenvalue weighted by Crippen LogP contribution is -2.36. The zero-order valence-corrected chi connectivity index (χ0v) is 13.1. The van der Waals surface area contributed by atoms with Crippen LogP contribution in [0, 0.1) is 5.92 Å². The van der Waals surface area contributed by atoms with Crippen molar-refractivity contribution < 1.29 is 19.5 Å². The molecule has 0 bridgehead atoms. The average Bonchev–Trinajstić information content (AvgIpc) is 3.06. The summed E-state index contributed by atoms with van der Waals surface area (Å²) in [5, 5.41) is 11.7. The molecule has 3 heterocycles. The lowest BCUT2D eigenvalue weighted by atomic mass is 9.98. The molecule has 0 aromatic carbocycles. The highest BCUT2D eigenvalue weighted by atomic mass is 32.2. The summed E-state index contributed by atoms with van der Waals surface area (Å²) < 4.78 is 0. The van der Waals surface area contributed by atoms with Crippen molar-refractivity contribution >= 4 is 51.4 Å². The third-order valence-electron chi connectivity index (χ3n) is 3.54. The summed E-state index contributed by atoms with van der Waals surface area (Å²) in [5.41, 5.74) is 0. The number of amides is 2. The van der Waals surface area contributed by atoms with E-state index in [2.05, 4.69) is 15.2 Å². The minimum atomic E-state index is -0.738. The Morgan fingerprint density at radius 3 is 2.73 bits per heavy atom. The largest absolute Gasteiger partial charge is 0.481 e. The van der Waals surface area contributed by atoms with Gasteiger partial charge in [0.05, 0.1) is 15.7 Å². The van der Waals surface area contributed by atoms with E-state index >= 15 is 0 Å². The molecule has 2 fully saturated rings. The number of thioether (sulfide) groups is 1. The lowest BCUT2D eigenvalue weighted by molar-refractivity contribution is -0.142. The number of rotatable bonds is 3. The monoisotopic (exact) mass is 339 g/mol. The highest BCUT2D eigenvalue weighted by molar-refractivity contribution is 8.18. The van der Waals surface area contributed by atoms with Crippen LogP contribution in [0.4, 0.5) is 9.93 Å². The van der Waals surface area contributed by atoms with Crippen molar-refractivity contribution in [2.24, 2.45) is 5.92 Å². The van der Waals surface area contributed by atoms with Crippen molar-refractivity contribution in [3.8, 4) is 0 Å². The number of carbonyl (C=O) groups excluding carboxylic acids is 2. The number of aliphatic carboxylic acids is 1. The molecule has 1 aromatic heterocycles. The predicted octanol–water partition coefficient (Wildman–Crippen LogP) is 1.77. The van der Waals surface area contributed by atoms with Crippen molar-refractivity contribution in [3.05, 3.63) is 16.0 Å². The second-order valence-corrected chi connectivity index (χ2v) is 7.05. The van der Waals surface area contributed by atoms with Crippen LogP contribution in [0.25, 0.3) is 6.08 Å². The third-order valence-corrected chi connectivity index (χ3v) is 5.36. The minimum Gasteiger partial charge on any atom is -0.481 e. The molecule has 2 aliphatic heterocycles. The smallest absolute Gasteiger partial charge is 0.306 e. The summed E-state index contributed by atoms with van der Waals surface area (Å²) in [6.45, 7) is 1.32. The summed E-state index contributed by atoms with van der Waals surface area (Å²) in [4.78, 5) is 41.1. The van der Waals surface area contributed by atoms with Crippen LogP contribution in [0.3, 0.4) is 0 Å². The fraction of sp³-hybridized carbons (Fsp3) is 0.385. The quantitative estimate of drug-likeness (QED) is 0.810. The number of nitrogens with one attached hydrogen (secondary N) is 1. The summed E-state index contributed by atoms with van der Waals surface area (Å²) in [6.07, 6.45) is 4.53. The van der Waals surface area contributed by atoms with Crippen molar-refractivity contribution in [1.82, 2.24) is 10.3 Å². The Morgan fingerprint density at radius 1 is 1.41 bits per heavy atom. The topological polar surface area (TPSA) is 99.6 Å². The maximum Gasteiger partial charge on any atom is 0.306 e. The summed E-state index contributed by atoms with van der Waals surface area (Å²) in [7, 11) is 0. The zero-order valence-electron chi connectivity index (χ0n) is 11.4. The van der Waals surface area contributed by atoms with E-state index < -0.39 is 5.97 Å². The van der Waals surface area contributed by atoms with Gasteiger partial charge >= 0.3 is 5.97 Å². The van der Waals surface area contributed by atoms with Gasteiger partial charge in [0.15, 0.2) is 5.13 Å². The van der Waals surface area contributed by atoms with Gasteiger partial charge in [0.1, 0.15) is 0 Å². The molecule has 2 N–H and O–H groups in total. The molecule has 2 saturated heterocycles. The first-order valence-electron chi connectivity index (χ1n) is 6.71. The number of aromatic nitrogens is 1. The van der Waals surface area contributed by atoms with E-state index in [1.54, 1.807) is 12.3 Å². The van der Waals surface area contributed by atoms with Crippen LogP contribution >= 0.6 is 23.1 Å². The molecule has 0 radical (unpaired) electrons. The van der Waals surface area contributed by atoms with Crippen LogP contribution in [0.2, 0.25) is 0 Å². The van der Waals surface area contributed by atoms with Gasteiger partial charge in [0.2, 0.25) is 0 Å². The number of piperidine rings is 1. The van der Waals surface area contributed by atoms with Gasteiger partial charge in [-0.2, -0.15) is 0 Å².